The van der Waals surface area contributed by atoms with E-state index in [1.54, 1.807) is 12.4 Å². The summed E-state index contributed by atoms with van der Waals surface area (Å²) in [7, 11) is 1.88. The zero-order valence-corrected chi connectivity index (χ0v) is 16.3. The minimum absolute atomic E-state index is 0.827. The summed E-state index contributed by atoms with van der Waals surface area (Å²) >= 11 is 0. The lowest BCUT2D eigenvalue weighted by Crippen LogP contribution is -2.53. The van der Waals surface area contributed by atoms with Crippen molar-refractivity contribution in [2.45, 2.75) is 26.2 Å². The van der Waals surface area contributed by atoms with Crippen molar-refractivity contribution in [1.82, 2.24) is 25.1 Å². The van der Waals surface area contributed by atoms with E-state index in [0.29, 0.717) is 0 Å². The van der Waals surface area contributed by atoms with Crippen LogP contribution in [0.5, 0.6) is 0 Å². The smallest absolute Gasteiger partial charge is 0.225 e. The van der Waals surface area contributed by atoms with Gasteiger partial charge in [-0.25, -0.2) is 9.97 Å². The van der Waals surface area contributed by atoms with Crippen LogP contribution in [-0.2, 0) is 0 Å². The Balaban J connectivity index is 1.38. The molecule has 2 aliphatic heterocycles. The largest absolute Gasteiger partial charge is 0.356 e. The molecule has 2 aliphatic rings. The van der Waals surface area contributed by atoms with Gasteiger partial charge in [0, 0.05) is 52.2 Å². The number of nitrogens with zero attached hydrogens (tertiary/aromatic N) is 6. The molecular weight excluding hydrogens is 326 g/mol. The molecule has 1 N–H and O–H groups in total. The molecule has 0 saturated carbocycles. The first kappa shape index (κ1) is 18.9. The molecule has 3 heterocycles. The van der Waals surface area contributed by atoms with E-state index in [0.717, 1.165) is 50.5 Å². The van der Waals surface area contributed by atoms with Gasteiger partial charge in [-0.2, -0.15) is 0 Å². The lowest BCUT2D eigenvalue weighted by atomic mass is 9.93. The molecule has 7 nitrogen and oxygen atoms in total. The summed E-state index contributed by atoms with van der Waals surface area (Å²) in [5.41, 5.74) is 0. The third-order valence-electron chi connectivity index (χ3n) is 5.62. The maximum Gasteiger partial charge on any atom is 0.225 e. The normalized spacial score (nSPS) is 20.5. The summed E-state index contributed by atoms with van der Waals surface area (Å²) in [4.78, 5) is 20.3. The van der Waals surface area contributed by atoms with Gasteiger partial charge in [0.15, 0.2) is 5.96 Å². The lowest BCUT2D eigenvalue weighted by Gasteiger charge is -2.36. The predicted octanol–water partition coefficient (Wildman–Crippen LogP) is 1.30. The Morgan fingerprint density at radius 2 is 1.81 bits per heavy atom. The monoisotopic (exact) mass is 359 g/mol. The first-order valence-electron chi connectivity index (χ1n) is 10.00. The number of anilines is 1. The maximum absolute atomic E-state index is 4.49. The van der Waals surface area contributed by atoms with E-state index < -0.39 is 0 Å². The van der Waals surface area contributed by atoms with Gasteiger partial charge in [0.05, 0.1) is 0 Å². The average Bonchev–Trinajstić information content (AvgIpc) is 2.72. The molecule has 144 valence electrons. The zero-order chi connectivity index (χ0) is 18.2. The number of guanidine groups is 1. The number of likely N-dealkylation sites (tertiary alicyclic amines) is 1. The molecule has 0 bridgehead atoms. The van der Waals surface area contributed by atoms with Crippen LogP contribution >= 0.6 is 0 Å². The molecule has 26 heavy (non-hydrogen) atoms. The molecule has 1 aromatic rings. The molecular formula is C19H33N7. The number of aliphatic imine (C=N–C) groups is 1. The standard InChI is InChI=1S/C19H33N7/c1-3-24-11-6-17(7-12-24)5-10-23-18(20-2)25-13-15-26(16-14-25)19-21-8-4-9-22-19/h4,8-9,17H,3,5-7,10-16H2,1-2H3,(H,20,23). The van der Waals surface area contributed by atoms with Crippen LogP contribution in [0.25, 0.3) is 0 Å². The van der Waals surface area contributed by atoms with Gasteiger partial charge in [0.25, 0.3) is 0 Å². The fourth-order valence-electron chi connectivity index (χ4n) is 3.88. The Bertz CT molecular complexity index is 546. The van der Waals surface area contributed by atoms with Crippen molar-refractivity contribution in [3.8, 4) is 0 Å². The van der Waals surface area contributed by atoms with Gasteiger partial charge in [0.1, 0.15) is 0 Å². The summed E-state index contributed by atoms with van der Waals surface area (Å²) < 4.78 is 0. The minimum atomic E-state index is 0.827. The van der Waals surface area contributed by atoms with E-state index in [9.17, 15) is 0 Å². The fraction of sp³-hybridized carbons (Fsp3) is 0.737. The Labute approximate surface area is 157 Å². The molecule has 0 aromatic carbocycles. The van der Waals surface area contributed by atoms with Crippen LogP contribution in [-0.4, -0.2) is 85.1 Å². The first-order chi connectivity index (χ1) is 12.8. The second kappa shape index (κ2) is 9.71. The highest BCUT2D eigenvalue weighted by atomic mass is 15.4. The third-order valence-corrected chi connectivity index (χ3v) is 5.62. The molecule has 2 fully saturated rings. The quantitative estimate of drug-likeness (QED) is 0.632. The summed E-state index contributed by atoms with van der Waals surface area (Å²) in [6, 6.07) is 1.86. The van der Waals surface area contributed by atoms with Gasteiger partial charge in [0.2, 0.25) is 5.95 Å². The Kier molecular flexibility index (Phi) is 7.05. The van der Waals surface area contributed by atoms with Gasteiger partial charge in [-0.1, -0.05) is 6.92 Å². The average molecular weight is 360 g/mol. The van der Waals surface area contributed by atoms with E-state index in [1.807, 2.05) is 13.1 Å². The van der Waals surface area contributed by atoms with Crippen molar-refractivity contribution in [1.29, 1.82) is 0 Å². The van der Waals surface area contributed by atoms with E-state index >= 15 is 0 Å². The highest BCUT2D eigenvalue weighted by molar-refractivity contribution is 5.80. The second-order valence-electron chi connectivity index (χ2n) is 7.16. The molecule has 3 rings (SSSR count). The summed E-state index contributed by atoms with van der Waals surface area (Å²) in [6.45, 7) is 10.8. The molecule has 1 aromatic heterocycles. The molecule has 2 saturated heterocycles. The molecule has 0 radical (unpaired) electrons. The van der Waals surface area contributed by atoms with Crippen LogP contribution in [0.15, 0.2) is 23.5 Å². The molecule has 0 amide bonds. The van der Waals surface area contributed by atoms with Crippen molar-refractivity contribution < 1.29 is 0 Å². The maximum atomic E-state index is 4.49. The Morgan fingerprint density at radius 3 is 2.42 bits per heavy atom. The van der Waals surface area contributed by atoms with Crippen LogP contribution in [0, 0.1) is 5.92 Å². The van der Waals surface area contributed by atoms with Gasteiger partial charge in [-0.15, -0.1) is 0 Å². The van der Waals surface area contributed by atoms with Crippen LogP contribution in [0.1, 0.15) is 26.2 Å². The van der Waals surface area contributed by atoms with Gasteiger partial charge < -0.3 is 20.0 Å². The second-order valence-corrected chi connectivity index (χ2v) is 7.16. The van der Waals surface area contributed by atoms with E-state index in [-0.39, 0.29) is 0 Å². The molecule has 0 atom stereocenters. The van der Waals surface area contributed by atoms with Crippen LogP contribution in [0.4, 0.5) is 5.95 Å². The third kappa shape index (κ3) is 5.06. The molecule has 7 heteroatoms. The fourth-order valence-corrected chi connectivity index (χ4v) is 3.88. The summed E-state index contributed by atoms with van der Waals surface area (Å²) in [5, 5.41) is 3.58. The van der Waals surface area contributed by atoms with Crippen molar-refractivity contribution >= 4 is 11.9 Å². The minimum Gasteiger partial charge on any atom is -0.356 e. The van der Waals surface area contributed by atoms with Crippen molar-refractivity contribution in [2.24, 2.45) is 10.9 Å². The molecule has 0 spiro atoms. The van der Waals surface area contributed by atoms with E-state index in [4.69, 9.17) is 0 Å². The van der Waals surface area contributed by atoms with Crippen LogP contribution in [0.2, 0.25) is 0 Å². The number of piperidine rings is 1. The number of nitrogens with one attached hydrogen (secondary N) is 1. The van der Waals surface area contributed by atoms with Gasteiger partial charge >= 0.3 is 0 Å². The van der Waals surface area contributed by atoms with Gasteiger partial charge in [-0.3, -0.25) is 4.99 Å². The molecule has 0 unspecified atom stereocenters. The van der Waals surface area contributed by atoms with Gasteiger partial charge in [-0.05, 0) is 50.9 Å². The Hall–Kier alpha value is -1.89. The SMILES string of the molecule is CCN1CCC(CCNC(=NC)N2CCN(c3ncccn3)CC2)CC1. The summed E-state index contributed by atoms with van der Waals surface area (Å²) in [6.07, 6.45) is 7.53. The zero-order valence-electron chi connectivity index (χ0n) is 16.3. The highest BCUT2D eigenvalue weighted by Gasteiger charge is 2.22. The van der Waals surface area contributed by atoms with Crippen LogP contribution < -0.4 is 10.2 Å². The Morgan fingerprint density at radius 1 is 1.12 bits per heavy atom. The highest BCUT2D eigenvalue weighted by Crippen LogP contribution is 2.19. The summed E-state index contributed by atoms with van der Waals surface area (Å²) in [5.74, 6) is 2.72. The number of hydrogen-bond donors (Lipinski definition) is 1. The predicted molar refractivity (Wildman–Crippen MR) is 107 cm³/mol. The van der Waals surface area contributed by atoms with Crippen molar-refractivity contribution in [2.75, 3.05) is 64.3 Å². The number of rotatable bonds is 5. The van der Waals surface area contributed by atoms with Crippen molar-refractivity contribution in [3.05, 3.63) is 18.5 Å². The topological polar surface area (TPSA) is 59.9 Å². The first-order valence-corrected chi connectivity index (χ1v) is 10.00. The van der Waals surface area contributed by atoms with Crippen LogP contribution in [0.3, 0.4) is 0 Å². The van der Waals surface area contributed by atoms with Crippen molar-refractivity contribution in [3.63, 3.8) is 0 Å². The number of aromatic nitrogens is 2. The lowest BCUT2D eigenvalue weighted by molar-refractivity contribution is 0.187. The number of hydrogen-bond acceptors (Lipinski definition) is 5. The van der Waals surface area contributed by atoms with E-state index in [2.05, 4.69) is 41.9 Å². The molecule has 0 aliphatic carbocycles. The number of piperazine rings is 1. The van der Waals surface area contributed by atoms with E-state index in [1.165, 1.54) is 38.9 Å².